The van der Waals surface area contributed by atoms with Crippen LogP contribution in [0.15, 0.2) is 18.2 Å². The minimum atomic E-state index is 0.0330. The summed E-state index contributed by atoms with van der Waals surface area (Å²) in [5, 5.41) is 0. The van der Waals surface area contributed by atoms with E-state index in [4.69, 9.17) is 10.5 Å². The van der Waals surface area contributed by atoms with Gasteiger partial charge in [0, 0.05) is 11.6 Å². The molecule has 0 radical (unpaired) electrons. The average molecular weight is 247 g/mol. The van der Waals surface area contributed by atoms with E-state index in [2.05, 4.69) is 25.1 Å². The van der Waals surface area contributed by atoms with Crippen LogP contribution in [0, 0.1) is 6.92 Å². The van der Waals surface area contributed by atoms with Gasteiger partial charge in [-0.25, -0.2) is 0 Å². The van der Waals surface area contributed by atoms with Gasteiger partial charge in [-0.3, -0.25) is 0 Å². The van der Waals surface area contributed by atoms with Crippen LogP contribution in [0.2, 0.25) is 0 Å². The maximum absolute atomic E-state index is 6.20. The van der Waals surface area contributed by atoms with E-state index in [0.717, 1.165) is 11.3 Å². The first-order valence-electron chi connectivity index (χ1n) is 7.19. The largest absolute Gasteiger partial charge is 0.490 e. The fraction of sp³-hybridized carbons (Fsp3) is 0.625. The Kier molecular flexibility index (Phi) is 4.65. The zero-order valence-corrected chi connectivity index (χ0v) is 11.6. The number of rotatable bonds is 3. The Bertz CT molecular complexity index is 379. The average Bonchev–Trinajstić information content (AvgIpc) is 2.60. The molecule has 1 aliphatic rings. The molecular formula is C16H25NO. The van der Waals surface area contributed by atoms with Gasteiger partial charge in [0.15, 0.2) is 0 Å². The Morgan fingerprint density at radius 2 is 1.83 bits per heavy atom. The van der Waals surface area contributed by atoms with Crippen molar-refractivity contribution in [2.24, 2.45) is 5.73 Å². The quantitative estimate of drug-likeness (QED) is 0.816. The molecule has 2 rings (SSSR count). The second kappa shape index (κ2) is 6.24. The van der Waals surface area contributed by atoms with Crippen molar-refractivity contribution in [3.8, 4) is 5.75 Å². The predicted molar refractivity (Wildman–Crippen MR) is 75.9 cm³/mol. The molecular weight excluding hydrogens is 222 g/mol. The highest BCUT2D eigenvalue weighted by Gasteiger charge is 2.16. The zero-order valence-electron chi connectivity index (χ0n) is 11.6. The van der Waals surface area contributed by atoms with E-state index in [9.17, 15) is 0 Å². The second-order valence-corrected chi connectivity index (χ2v) is 5.56. The lowest BCUT2D eigenvalue weighted by Gasteiger charge is -2.21. The number of nitrogens with two attached hydrogens (primary N) is 1. The molecule has 2 heteroatoms. The molecule has 0 spiro atoms. The number of hydrogen-bond donors (Lipinski definition) is 1. The molecule has 0 heterocycles. The van der Waals surface area contributed by atoms with Crippen LogP contribution < -0.4 is 10.5 Å². The highest BCUT2D eigenvalue weighted by Crippen LogP contribution is 2.29. The number of ether oxygens (including phenoxy) is 1. The van der Waals surface area contributed by atoms with E-state index in [-0.39, 0.29) is 6.04 Å². The molecule has 18 heavy (non-hydrogen) atoms. The fourth-order valence-electron chi connectivity index (χ4n) is 2.67. The number of hydrogen-bond acceptors (Lipinski definition) is 2. The third kappa shape index (κ3) is 3.49. The molecule has 1 fully saturated rings. The molecule has 0 bridgehead atoms. The van der Waals surface area contributed by atoms with Crippen molar-refractivity contribution in [3.63, 3.8) is 0 Å². The molecule has 0 aliphatic heterocycles. The Balaban J connectivity index is 2.12. The van der Waals surface area contributed by atoms with E-state index in [1.54, 1.807) is 0 Å². The van der Waals surface area contributed by atoms with Crippen molar-refractivity contribution in [2.75, 3.05) is 0 Å². The van der Waals surface area contributed by atoms with Crippen LogP contribution in [-0.2, 0) is 0 Å². The van der Waals surface area contributed by atoms with E-state index in [1.165, 1.54) is 44.1 Å². The van der Waals surface area contributed by atoms with Gasteiger partial charge in [-0.2, -0.15) is 0 Å². The Morgan fingerprint density at radius 1 is 1.17 bits per heavy atom. The Hall–Kier alpha value is -1.02. The van der Waals surface area contributed by atoms with Crippen LogP contribution >= 0.6 is 0 Å². The summed E-state index contributed by atoms with van der Waals surface area (Å²) in [5.41, 5.74) is 8.42. The lowest BCUT2D eigenvalue weighted by molar-refractivity contribution is 0.181. The highest BCUT2D eigenvalue weighted by atomic mass is 16.5. The van der Waals surface area contributed by atoms with E-state index >= 15 is 0 Å². The molecule has 1 aliphatic carbocycles. The van der Waals surface area contributed by atoms with Crippen LogP contribution in [-0.4, -0.2) is 6.10 Å². The van der Waals surface area contributed by atoms with Crippen LogP contribution in [0.1, 0.15) is 62.6 Å². The van der Waals surface area contributed by atoms with Gasteiger partial charge in [-0.05, 0) is 45.6 Å². The fourth-order valence-corrected chi connectivity index (χ4v) is 2.67. The summed E-state index contributed by atoms with van der Waals surface area (Å²) in [6.07, 6.45) is 8.06. The van der Waals surface area contributed by atoms with Gasteiger partial charge in [-0.15, -0.1) is 0 Å². The smallest absolute Gasteiger partial charge is 0.124 e. The summed E-state index contributed by atoms with van der Waals surface area (Å²) in [7, 11) is 0. The van der Waals surface area contributed by atoms with Crippen molar-refractivity contribution in [1.29, 1.82) is 0 Å². The molecule has 0 unspecified atom stereocenters. The Morgan fingerprint density at radius 3 is 2.44 bits per heavy atom. The van der Waals surface area contributed by atoms with Crippen molar-refractivity contribution in [1.82, 2.24) is 0 Å². The highest BCUT2D eigenvalue weighted by molar-refractivity contribution is 5.38. The van der Waals surface area contributed by atoms with Gasteiger partial charge < -0.3 is 10.5 Å². The van der Waals surface area contributed by atoms with E-state index in [1.807, 2.05) is 6.92 Å². The van der Waals surface area contributed by atoms with Gasteiger partial charge in [-0.1, -0.05) is 30.5 Å². The van der Waals surface area contributed by atoms with Crippen LogP contribution in [0.25, 0.3) is 0 Å². The van der Waals surface area contributed by atoms with Gasteiger partial charge in [0.05, 0.1) is 6.10 Å². The molecule has 100 valence electrons. The maximum Gasteiger partial charge on any atom is 0.124 e. The lowest BCUT2D eigenvalue weighted by atomic mass is 10.0. The first-order chi connectivity index (χ1) is 8.66. The topological polar surface area (TPSA) is 35.2 Å². The predicted octanol–water partition coefficient (Wildman–Crippen LogP) is 4.12. The molecule has 1 atom stereocenters. The van der Waals surface area contributed by atoms with Gasteiger partial charge in [0.25, 0.3) is 0 Å². The van der Waals surface area contributed by atoms with Gasteiger partial charge in [0.2, 0.25) is 0 Å². The summed E-state index contributed by atoms with van der Waals surface area (Å²) < 4.78 is 6.20. The van der Waals surface area contributed by atoms with Crippen molar-refractivity contribution in [2.45, 2.75) is 64.5 Å². The van der Waals surface area contributed by atoms with Crippen molar-refractivity contribution < 1.29 is 4.74 Å². The first-order valence-corrected chi connectivity index (χ1v) is 7.19. The van der Waals surface area contributed by atoms with Gasteiger partial charge in [0.1, 0.15) is 5.75 Å². The lowest BCUT2D eigenvalue weighted by Crippen LogP contribution is -2.17. The molecule has 0 aromatic heterocycles. The van der Waals surface area contributed by atoms with Crippen molar-refractivity contribution >= 4 is 0 Å². The number of aryl methyl sites for hydroxylation is 1. The SMILES string of the molecule is Cc1ccc(OC2CCCCCC2)c([C@@H](C)N)c1. The third-order valence-electron chi connectivity index (χ3n) is 3.75. The van der Waals surface area contributed by atoms with Crippen LogP contribution in [0.3, 0.4) is 0 Å². The minimum Gasteiger partial charge on any atom is -0.490 e. The molecule has 1 aromatic rings. The van der Waals surface area contributed by atoms with Crippen LogP contribution in [0.4, 0.5) is 0 Å². The second-order valence-electron chi connectivity index (χ2n) is 5.56. The summed E-state index contributed by atoms with van der Waals surface area (Å²) in [4.78, 5) is 0. The molecule has 1 saturated carbocycles. The normalized spacial score (nSPS) is 19.3. The zero-order chi connectivity index (χ0) is 13.0. The van der Waals surface area contributed by atoms with Crippen molar-refractivity contribution in [3.05, 3.63) is 29.3 Å². The number of benzene rings is 1. The Labute approximate surface area is 111 Å². The van der Waals surface area contributed by atoms with Crippen LogP contribution in [0.5, 0.6) is 5.75 Å². The van der Waals surface area contributed by atoms with Gasteiger partial charge >= 0.3 is 0 Å². The molecule has 0 saturated heterocycles. The molecule has 0 amide bonds. The third-order valence-corrected chi connectivity index (χ3v) is 3.75. The molecule has 2 nitrogen and oxygen atoms in total. The summed E-state index contributed by atoms with van der Waals surface area (Å²) >= 11 is 0. The molecule has 2 N–H and O–H groups in total. The molecule has 1 aromatic carbocycles. The minimum absolute atomic E-state index is 0.0330. The van der Waals surface area contributed by atoms with E-state index < -0.39 is 0 Å². The summed E-state index contributed by atoms with van der Waals surface area (Å²) in [6, 6.07) is 6.37. The summed E-state index contributed by atoms with van der Waals surface area (Å²) in [5.74, 6) is 0.988. The standard InChI is InChI=1S/C16H25NO/c1-12-9-10-16(15(11-12)13(2)17)18-14-7-5-3-4-6-8-14/h9-11,13-14H,3-8,17H2,1-2H3/t13-/m1/s1. The monoisotopic (exact) mass is 247 g/mol. The summed E-state index contributed by atoms with van der Waals surface area (Å²) in [6.45, 7) is 4.12. The first kappa shape index (κ1) is 13.4. The maximum atomic E-state index is 6.20. The van der Waals surface area contributed by atoms with E-state index in [0.29, 0.717) is 6.10 Å².